The first-order chi connectivity index (χ1) is 12.3. The van der Waals surface area contributed by atoms with E-state index in [0.717, 1.165) is 22.2 Å². The van der Waals surface area contributed by atoms with Crippen LogP contribution in [0.1, 0.15) is 11.3 Å². The summed E-state index contributed by atoms with van der Waals surface area (Å²) in [7, 11) is -2.26. The molecule has 1 heterocycles. The molecule has 0 amide bonds. The summed E-state index contributed by atoms with van der Waals surface area (Å²) >= 11 is 0. The van der Waals surface area contributed by atoms with Crippen molar-refractivity contribution >= 4 is 35.6 Å². The van der Waals surface area contributed by atoms with E-state index >= 15 is 0 Å². The van der Waals surface area contributed by atoms with E-state index in [0.29, 0.717) is 17.5 Å². The quantitative estimate of drug-likeness (QED) is 0.657. The first-order valence-electron chi connectivity index (χ1n) is 8.29. The Morgan fingerprint density at radius 3 is 2.23 bits per heavy atom. The van der Waals surface area contributed by atoms with Gasteiger partial charge in [0.2, 0.25) is 5.95 Å². The zero-order chi connectivity index (χ0) is 18.7. The van der Waals surface area contributed by atoms with Gasteiger partial charge in [0, 0.05) is 16.7 Å². The van der Waals surface area contributed by atoms with E-state index < -0.39 is 7.14 Å². The highest BCUT2D eigenvalue weighted by Gasteiger charge is 2.11. The van der Waals surface area contributed by atoms with E-state index in [9.17, 15) is 4.57 Å². The van der Waals surface area contributed by atoms with E-state index in [1.165, 1.54) is 0 Å². The van der Waals surface area contributed by atoms with Gasteiger partial charge in [0.25, 0.3) is 0 Å². The molecule has 0 spiro atoms. The summed E-state index contributed by atoms with van der Waals surface area (Å²) in [6.07, 6.45) is 0. The summed E-state index contributed by atoms with van der Waals surface area (Å²) in [6, 6.07) is 15.4. The third-order valence-electron chi connectivity index (χ3n) is 4.00. The lowest BCUT2D eigenvalue weighted by Gasteiger charge is -2.12. The molecule has 0 aliphatic heterocycles. The average Bonchev–Trinajstić information content (AvgIpc) is 2.59. The van der Waals surface area contributed by atoms with Crippen molar-refractivity contribution in [3.63, 3.8) is 0 Å². The molecule has 26 heavy (non-hydrogen) atoms. The number of para-hydroxylation sites is 1. The first-order valence-corrected chi connectivity index (χ1v) is 10.9. The highest BCUT2D eigenvalue weighted by Crippen LogP contribution is 2.34. The number of nitrogens with zero attached hydrogens (tertiary/aromatic N) is 3. The van der Waals surface area contributed by atoms with Gasteiger partial charge in [-0.2, -0.15) is 4.98 Å². The summed E-state index contributed by atoms with van der Waals surface area (Å²) in [5.41, 5.74) is 3.63. The van der Waals surface area contributed by atoms with Gasteiger partial charge in [0.15, 0.2) is 5.82 Å². The monoisotopic (exact) mass is 367 g/mol. The van der Waals surface area contributed by atoms with Crippen molar-refractivity contribution in [2.75, 3.05) is 24.0 Å². The Labute approximate surface area is 153 Å². The first kappa shape index (κ1) is 18.1. The van der Waals surface area contributed by atoms with Crippen LogP contribution in [0.15, 0.2) is 48.5 Å². The molecule has 0 fully saturated rings. The Hall–Kier alpha value is -2.72. The molecule has 7 heteroatoms. The Bertz CT molecular complexity index is 966. The van der Waals surface area contributed by atoms with Crippen molar-refractivity contribution in [3.8, 4) is 0 Å². The van der Waals surface area contributed by atoms with Gasteiger partial charge < -0.3 is 15.2 Å². The van der Waals surface area contributed by atoms with E-state index in [4.69, 9.17) is 0 Å². The molecule has 6 nitrogen and oxygen atoms in total. The molecule has 0 unspecified atom stereocenters. The lowest BCUT2D eigenvalue weighted by atomic mass is 10.2. The van der Waals surface area contributed by atoms with E-state index in [2.05, 4.69) is 25.8 Å². The Kier molecular flexibility index (Phi) is 5.05. The summed E-state index contributed by atoms with van der Waals surface area (Å²) in [5.74, 6) is 1.05. The molecule has 0 aliphatic rings. The van der Waals surface area contributed by atoms with Crippen LogP contribution in [-0.2, 0) is 4.57 Å². The van der Waals surface area contributed by atoms with Gasteiger partial charge in [-0.25, -0.2) is 0 Å². The number of anilines is 4. The molecule has 0 saturated heterocycles. The molecule has 2 N–H and O–H groups in total. The van der Waals surface area contributed by atoms with Gasteiger partial charge in [-0.1, -0.05) is 18.2 Å². The fourth-order valence-electron chi connectivity index (χ4n) is 2.42. The van der Waals surface area contributed by atoms with Crippen LogP contribution in [0.2, 0.25) is 0 Å². The number of nitrogens with one attached hydrogen (secondary N) is 2. The predicted octanol–water partition coefficient (Wildman–Crippen LogP) is 4.22. The molecule has 134 valence electrons. The van der Waals surface area contributed by atoms with Crippen LogP contribution in [0.25, 0.3) is 0 Å². The maximum absolute atomic E-state index is 12.1. The second kappa shape index (κ2) is 7.26. The van der Waals surface area contributed by atoms with Gasteiger partial charge in [-0.15, -0.1) is 10.2 Å². The van der Waals surface area contributed by atoms with Crippen LogP contribution in [-0.4, -0.2) is 28.5 Å². The molecular weight excluding hydrogens is 345 g/mol. The number of aromatic nitrogens is 3. The van der Waals surface area contributed by atoms with Crippen LogP contribution in [0.4, 0.5) is 23.1 Å². The number of aryl methyl sites for hydroxylation is 2. The molecule has 0 aliphatic carbocycles. The third-order valence-corrected chi connectivity index (χ3v) is 5.54. The van der Waals surface area contributed by atoms with E-state index in [-0.39, 0.29) is 0 Å². The minimum Gasteiger partial charge on any atom is -0.338 e. The van der Waals surface area contributed by atoms with Crippen LogP contribution in [0.3, 0.4) is 0 Å². The fourth-order valence-corrected chi connectivity index (χ4v) is 3.29. The highest BCUT2D eigenvalue weighted by molar-refractivity contribution is 7.70. The molecule has 3 rings (SSSR count). The molecule has 3 aromatic rings. The smallest absolute Gasteiger partial charge is 0.249 e. The zero-order valence-electron chi connectivity index (χ0n) is 15.3. The van der Waals surface area contributed by atoms with Gasteiger partial charge in [0.05, 0.1) is 0 Å². The minimum absolute atomic E-state index is 0.399. The third kappa shape index (κ3) is 4.27. The van der Waals surface area contributed by atoms with Crippen LogP contribution in [0.5, 0.6) is 0 Å². The second-order valence-electron chi connectivity index (χ2n) is 6.53. The molecular formula is C19H22N5OP. The Morgan fingerprint density at radius 1 is 0.885 bits per heavy atom. The standard InChI is InChI=1S/C19H22N5OP/c1-13-7-5-6-8-17(13)21-18-14(2)23-24-19(22-18)20-15-9-11-16(12-10-15)26(3,4)25/h5-12H,1-4H3,(H2,20,21,22,24). The molecule has 0 atom stereocenters. The molecule has 0 saturated carbocycles. The highest BCUT2D eigenvalue weighted by atomic mass is 31.2. The maximum atomic E-state index is 12.1. The Balaban J connectivity index is 1.81. The molecule has 0 bridgehead atoms. The lowest BCUT2D eigenvalue weighted by molar-refractivity contribution is 0.588. The van der Waals surface area contributed by atoms with E-state index in [1.807, 2.05) is 62.4 Å². The normalized spacial score (nSPS) is 11.2. The fraction of sp³-hybridized carbons (Fsp3) is 0.211. The van der Waals surface area contributed by atoms with Gasteiger partial charge in [-0.05, 0) is 63.1 Å². The van der Waals surface area contributed by atoms with Crippen LogP contribution < -0.4 is 15.9 Å². The average molecular weight is 367 g/mol. The van der Waals surface area contributed by atoms with Crippen LogP contribution >= 0.6 is 7.14 Å². The molecule has 1 aromatic heterocycles. The number of hydrogen-bond donors (Lipinski definition) is 2. The lowest BCUT2D eigenvalue weighted by Crippen LogP contribution is -2.07. The maximum Gasteiger partial charge on any atom is 0.249 e. The van der Waals surface area contributed by atoms with Crippen molar-refractivity contribution in [2.24, 2.45) is 0 Å². The van der Waals surface area contributed by atoms with Gasteiger partial charge in [-0.3, -0.25) is 0 Å². The molecule has 2 aromatic carbocycles. The van der Waals surface area contributed by atoms with Crippen molar-refractivity contribution in [1.29, 1.82) is 0 Å². The number of hydrogen-bond acceptors (Lipinski definition) is 6. The van der Waals surface area contributed by atoms with Crippen molar-refractivity contribution in [3.05, 3.63) is 59.8 Å². The number of benzene rings is 2. The van der Waals surface area contributed by atoms with Crippen LogP contribution in [0, 0.1) is 13.8 Å². The summed E-state index contributed by atoms with van der Waals surface area (Å²) in [4.78, 5) is 4.52. The summed E-state index contributed by atoms with van der Waals surface area (Å²) < 4.78 is 12.1. The van der Waals surface area contributed by atoms with Crippen molar-refractivity contribution in [2.45, 2.75) is 13.8 Å². The predicted molar refractivity (Wildman–Crippen MR) is 108 cm³/mol. The summed E-state index contributed by atoms with van der Waals surface area (Å²) in [5, 5.41) is 15.6. The van der Waals surface area contributed by atoms with Gasteiger partial charge in [0.1, 0.15) is 12.8 Å². The topological polar surface area (TPSA) is 79.8 Å². The zero-order valence-corrected chi connectivity index (χ0v) is 16.2. The van der Waals surface area contributed by atoms with Gasteiger partial charge >= 0.3 is 0 Å². The van der Waals surface area contributed by atoms with Crippen molar-refractivity contribution in [1.82, 2.24) is 15.2 Å². The second-order valence-corrected chi connectivity index (χ2v) is 9.75. The Morgan fingerprint density at radius 2 is 1.58 bits per heavy atom. The molecule has 0 radical (unpaired) electrons. The summed E-state index contributed by atoms with van der Waals surface area (Å²) in [6.45, 7) is 7.41. The van der Waals surface area contributed by atoms with E-state index in [1.54, 1.807) is 13.3 Å². The SMILES string of the molecule is Cc1ccccc1Nc1nc(Nc2ccc(P(C)(C)=O)cc2)nnc1C. The minimum atomic E-state index is -2.26. The largest absolute Gasteiger partial charge is 0.338 e. The van der Waals surface area contributed by atoms with Crippen molar-refractivity contribution < 1.29 is 4.57 Å². The number of rotatable bonds is 5.